The van der Waals surface area contributed by atoms with Gasteiger partial charge in [-0.1, -0.05) is 11.6 Å². The van der Waals surface area contributed by atoms with Crippen LogP contribution in [0.3, 0.4) is 0 Å². The van der Waals surface area contributed by atoms with Crippen molar-refractivity contribution in [2.45, 2.75) is 0 Å². The summed E-state index contributed by atoms with van der Waals surface area (Å²) in [5.74, 6) is -0.200. The maximum Gasteiger partial charge on any atom is 0.270 e. The van der Waals surface area contributed by atoms with Gasteiger partial charge >= 0.3 is 0 Å². The number of rotatable bonds is 3. The number of H-pyrrole nitrogens is 1. The quantitative estimate of drug-likeness (QED) is 0.451. The number of aromatic amines is 1. The van der Waals surface area contributed by atoms with Crippen molar-refractivity contribution < 1.29 is 9.72 Å². The Morgan fingerprint density at radius 3 is 2.75 bits per heavy atom. The number of carbonyl (C=O) groups is 1. The zero-order valence-electron chi connectivity index (χ0n) is 9.92. The number of ketones is 1. The molecule has 0 amide bonds. The number of nitro groups is 1. The van der Waals surface area contributed by atoms with E-state index in [9.17, 15) is 14.9 Å². The summed E-state index contributed by atoms with van der Waals surface area (Å²) in [6.45, 7) is 0. The Morgan fingerprint density at radius 1 is 1.30 bits per heavy atom. The van der Waals surface area contributed by atoms with Crippen molar-refractivity contribution >= 4 is 45.3 Å². The zero-order chi connectivity index (χ0) is 14.3. The second-order valence-electron chi connectivity index (χ2n) is 4.12. The van der Waals surface area contributed by atoms with Crippen LogP contribution in [0, 0.1) is 10.1 Å². The van der Waals surface area contributed by atoms with Crippen molar-refractivity contribution in [3.8, 4) is 0 Å². The van der Waals surface area contributed by atoms with Crippen LogP contribution in [0.2, 0.25) is 4.34 Å². The Labute approximate surface area is 122 Å². The van der Waals surface area contributed by atoms with Gasteiger partial charge in [0.1, 0.15) is 0 Å². The summed E-state index contributed by atoms with van der Waals surface area (Å²) in [6.07, 6.45) is 1.56. The van der Waals surface area contributed by atoms with Crippen molar-refractivity contribution in [1.29, 1.82) is 0 Å². The predicted octanol–water partition coefficient (Wildman–Crippen LogP) is 4.02. The summed E-state index contributed by atoms with van der Waals surface area (Å²) in [7, 11) is 0. The molecule has 5 nitrogen and oxygen atoms in total. The number of halogens is 1. The van der Waals surface area contributed by atoms with E-state index in [0.29, 0.717) is 25.7 Å². The highest BCUT2D eigenvalue weighted by molar-refractivity contribution is 7.18. The topological polar surface area (TPSA) is 76.0 Å². The molecule has 0 spiro atoms. The maximum atomic E-state index is 12.4. The van der Waals surface area contributed by atoms with Crippen LogP contribution in [-0.2, 0) is 0 Å². The van der Waals surface area contributed by atoms with Crippen LogP contribution >= 0.6 is 22.9 Å². The van der Waals surface area contributed by atoms with E-state index in [0.717, 1.165) is 0 Å². The number of nitro benzene ring substituents is 1. The second-order valence-corrected chi connectivity index (χ2v) is 5.84. The minimum atomic E-state index is -0.483. The lowest BCUT2D eigenvalue weighted by molar-refractivity contribution is -0.384. The molecule has 3 rings (SSSR count). The van der Waals surface area contributed by atoms with Gasteiger partial charge in [0.2, 0.25) is 5.78 Å². The molecule has 0 bridgehead atoms. The molecule has 0 aliphatic rings. The van der Waals surface area contributed by atoms with E-state index in [4.69, 9.17) is 11.6 Å². The van der Waals surface area contributed by atoms with Gasteiger partial charge in [0.05, 0.1) is 14.1 Å². The molecule has 0 radical (unpaired) electrons. The third-order valence-electron chi connectivity index (χ3n) is 2.92. The highest BCUT2D eigenvalue weighted by atomic mass is 35.5. The number of carbonyl (C=O) groups excluding carboxylic acids is 1. The lowest BCUT2D eigenvalue weighted by Crippen LogP contribution is -1.97. The van der Waals surface area contributed by atoms with E-state index in [-0.39, 0.29) is 11.5 Å². The first-order valence-corrected chi connectivity index (χ1v) is 6.81. The predicted molar refractivity (Wildman–Crippen MR) is 77.7 cm³/mol. The molecule has 7 heteroatoms. The van der Waals surface area contributed by atoms with Crippen LogP contribution in [0.4, 0.5) is 5.69 Å². The average Bonchev–Trinajstić information content (AvgIpc) is 3.03. The van der Waals surface area contributed by atoms with E-state index >= 15 is 0 Å². The van der Waals surface area contributed by atoms with E-state index in [2.05, 4.69) is 4.98 Å². The first kappa shape index (κ1) is 12.8. The lowest BCUT2D eigenvalue weighted by atomic mass is 10.1. The summed E-state index contributed by atoms with van der Waals surface area (Å²) in [6, 6.07) is 7.68. The van der Waals surface area contributed by atoms with Crippen LogP contribution in [0.15, 0.2) is 36.5 Å². The van der Waals surface area contributed by atoms with Gasteiger partial charge in [-0.2, -0.15) is 0 Å². The van der Waals surface area contributed by atoms with E-state index in [1.54, 1.807) is 24.4 Å². The highest BCUT2D eigenvalue weighted by Crippen LogP contribution is 2.28. The SMILES string of the molecule is O=C(c1ccc(Cl)s1)c1c[nH]c2ccc([N+](=O)[O-])cc12. The standard InChI is InChI=1S/C13H7ClN2O3S/c14-12-4-3-11(20-12)13(17)9-6-15-10-2-1-7(16(18)19)5-8(9)10/h1-6,15H. The highest BCUT2D eigenvalue weighted by Gasteiger charge is 2.18. The van der Waals surface area contributed by atoms with E-state index in [1.165, 1.54) is 23.5 Å². The largest absolute Gasteiger partial charge is 0.360 e. The van der Waals surface area contributed by atoms with Crippen LogP contribution < -0.4 is 0 Å². The molecule has 100 valence electrons. The fraction of sp³-hybridized carbons (Fsp3) is 0. The molecule has 0 fully saturated rings. The van der Waals surface area contributed by atoms with Gasteiger partial charge in [-0.15, -0.1) is 11.3 Å². The minimum absolute atomic E-state index is 0.0460. The third kappa shape index (κ3) is 2.09. The Kier molecular flexibility index (Phi) is 3.04. The van der Waals surface area contributed by atoms with Crippen molar-refractivity contribution in [3.05, 3.63) is 61.4 Å². The smallest absolute Gasteiger partial charge is 0.270 e. The van der Waals surface area contributed by atoms with Gasteiger partial charge in [-0.25, -0.2) is 0 Å². The first-order chi connectivity index (χ1) is 9.56. The Morgan fingerprint density at radius 2 is 2.10 bits per heavy atom. The van der Waals surface area contributed by atoms with Crippen LogP contribution in [0.25, 0.3) is 10.9 Å². The molecule has 0 saturated carbocycles. The van der Waals surface area contributed by atoms with Gasteiger partial charge in [0.25, 0.3) is 5.69 Å². The molecule has 1 aromatic carbocycles. The maximum absolute atomic E-state index is 12.4. The molecule has 1 N–H and O–H groups in total. The first-order valence-electron chi connectivity index (χ1n) is 5.62. The normalized spacial score (nSPS) is 10.8. The molecule has 0 atom stereocenters. The molecule has 0 aliphatic carbocycles. The molecule has 2 aromatic heterocycles. The molecule has 0 saturated heterocycles. The fourth-order valence-electron chi connectivity index (χ4n) is 1.98. The number of non-ortho nitro benzene ring substituents is 1. The number of nitrogens with zero attached hydrogens (tertiary/aromatic N) is 1. The third-order valence-corrected chi connectivity index (χ3v) is 4.15. The fourth-order valence-corrected chi connectivity index (χ4v) is 2.98. The molecular formula is C13H7ClN2O3S. The zero-order valence-corrected chi connectivity index (χ0v) is 11.5. The average molecular weight is 307 g/mol. The van der Waals surface area contributed by atoms with Crippen LogP contribution in [0.5, 0.6) is 0 Å². The monoisotopic (exact) mass is 306 g/mol. The molecule has 0 unspecified atom stereocenters. The number of nitrogens with one attached hydrogen (secondary N) is 1. The molecule has 0 aliphatic heterocycles. The molecule has 2 heterocycles. The number of fused-ring (bicyclic) bond motifs is 1. The number of benzene rings is 1. The summed E-state index contributed by atoms with van der Waals surface area (Å²) >= 11 is 7.00. The van der Waals surface area contributed by atoms with Crippen molar-refractivity contribution in [2.24, 2.45) is 0 Å². The van der Waals surface area contributed by atoms with Crippen molar-refractivity contribution in [3.63, 3.8) is 0 Å². The van der Waals surface area contributed by atoms with Crippen molar-refractivity contribution in [2.75, 3.05) is 0 Å². The van der Waals surface area contributed by atoms with E-state index < -0.39 is 4.92 Å². The number of hydrogen-bond acceptors (Lipinski definition) is 4. The molecular weight excluding hydrogens is 300 g/mol. The molecule has 20 heavy (non-hydrogen) atoms. The van der Waals surface area contributed by atoms with Gasteiger partial charge in [-0.3, -0.25) is 14.9 Å². The van der Waals surface area contributed by atoms with Crippen molar-refractivity contribution in [1.82, 2.24) is 4.98 Å². The Hall–Kier alpha value is -2.18. The van der Waals surface area contributed by atoms with Gasteiger partial charge < -0.3 is 4.98 Å². The summed E-state index contributed by atoms with van der Waals surface area (Å²) in [5, 5.41) is 11.4. The summed E-state index contributed by atoms with van der Waals surface area (Å²) in [5.41, 5.74) is 1.04. The number of aromatic nitrogens is 1. The number of hydrogen-bond donors (Lipinski definition) is 1. The van der Waals surface area contributed by atoms with E-state index in [1.807, 2.05) is 0 Å². The second kappa shape index (κ2) is 4.73. The lowest BCUT2D eigenvalue weighted by Gasteiger charge is -1.96. The summed E-state index contributed by atoms with van der Waals surface area (Å²) in [4.78, 5) is 26.2. The van der Waals surface area contributed by atoms with Gasteiger partial charge in [-0.05, 0) is 18.2 Å². The molecule has 3 aromatic rings. The van der Waals surface area contributed by atoms with Gasteiger partial charge in [0.15, 0.2) is 0 Å². The number of thiophene rings is 1. The Balaban J connectivity index is 2.14. The van der Waals surface area contributed by atoms with Crippen LogP contribution in [0.1, 0.15) is 15.2 Å². The Bertz CT molecular complexity index is 837. The minimum Gasteiger partial charge on any atom is -0.360 e. The van der Waals surface area contributed by atoms with Gasteiger partial charge in [0, 0.05) is 34.8 Å². The summed E-state index contributed by atoms with van der Waals surface area (Å²) < 4.78 is 0.527. The van der Waals surface area contributed by atoms with Crippen LogP contribution in [-0.4, -0.2) is 15.7 Å².